The van der Waals surface area contributed by atoms with Gasteiger partial charge in [0.15, 0.2) is 23.0 Å². The molecule has 7 nitrogen and oxygen atoms in total. The molecule has 1 atom stereocenters. The molecule has 0 saturated carbocycles. The molecule has 0 radical (unpaired) electrons. The second-order valence-electron chi connectivity index (χ2n) is 8.92. The molecule has 1 fully saturated rings. The lowest BCUT2D eigenvalue weighted by Gasteiger charge is -2.33. The van der Waals surface area contributed by atoms with E-state index in [1.54, 1.807) is 0 Å². The fourth-order valence-corrected chi connectivity index (χ4v) is 4.26. The number of hydrogen-bond donors (Lipinski definition) is 1. The van der Waals surface area contributed by atoms with Crippen molar-refractivity contribution < 1.29 is 18.7 Å². The number of piperidine rings is 1. The summed E-state index contributed by atoms with van der Waals surface area (Å²) < 4.78 is 16.8. The van der Waals surface area contributed by atoms with Crippen molar-refractivity contribution in [1.82, 2.24) is 15.2 Å². The number of amides is 2. The van der Waals surface area contributed by atoms with Crippen LogP contribution in [0.15, 0.2) is 46.9 Å². The standard InChI is InChI=1S/C24H27N3O4/c1-24(2,17-9-10-20-21(12-17)30-15-29-20)14-25-23(28)27-11-5-6-16(13-27)22-26-18-7-3-4-8-19(18)31-22/h3-4,7-10,12,16H,5-6,11,13-15H2,1-2H3,(H,25,28). The van der Waals surface area contributed by atoms with E-state index in [-0.39, 0.29) is 24.2 Å². The van der Waals surface area contributed by atoms with Crippen molar-refractivity contribution in [2.75, 3.05) is 26.4 Å². The Morgan fingerprint density at radius 2 is 2.03 bits per heavy atom. The first-order chi connectivity index (χ1) is 15.0. The van der Waals surface area contributed by atoms with Crippen molar-refractivity contribution in [3.05, 3.63) is 53.9 Å². The molecule has 2 aromatic carbocycles. The normalized spacial score (nSPS) is 18.4. The van der Waals surface area contributed by atoms with Crippen LogP contribution in [0.5, 0.6) is 11.5 Å². The van der Waals surface area contributed by atoms with E-state index in [0.29, 0.717) is 13.1 Å². The topological polar surface area (TPSA) is 76.8 Å². The largest absolute Gasteiger partial charge is 0.454 e. The molecule has 7 heteroatoms. The number of oxazole rings is 1. The first kappa shape index (κ1) is 19.7. The fourth-order valence-electron chi connectivity index (χ4n) is 4.26. The highest BCUT2D eigenvalue weighted by Gasteiger charge is 2.30. The highest BCUT2D eigenvalue weighted by atomic mass is 16.7. The molecule has 31 heavy (non-hydrogen) atoms. The van der Waals surface area contributed by atoms with Gasteiger partial charge in [-0.2, -0.15) is 0 Å². The van der Waals surface area contributed by atoms with Crippen molar-refractivity contribution in [2.24, 2.45) is 0 Å². The number of likely N-dealkylation sites (tertiary alicyclic amines) is 1. The van der Waals surface area contributed by atoms with Crippen LogP contribution in [0.2, 0.25) is 0 Å². The third-order valence-electron chi connectivity index (χ3n) is 6.20. The Kier molecular flexibility index (Phi) is 4.96. The Bertz CT molecular complexity index is 1070. The minimum absolute atomic E-state index is 0.0466. The molecule has 1 N–H and O–H groups in total. The fraction of sp³-hybridized carbons (Fsp3) is 0.417. The molecule has 0 aliphatic carbocycles. The predicted molar refractivity (Wildman–Crippen MR) is 117 cm³/mol. The summed E-state index contributed by atoms with van der Waals surface area (Å²) in [6.07, 6.45) is 1.90. The summed E-state index contributed by atoms with van der Waals surface area (Å²) in [4.78, 5) is 19.4. The van der Waals surface area contributed by atoms with E-state index in [1.807, 2.05) is 47.4 Å². The zero-order valence-electron chi connectivity index (χ0n) is 17.9. The molecule has 2 aliphatic heterocycles. The number of urea groups is 1. The molecule has 5 rings (SSSR count). The lowest BCUT2D eigenvalue weighted by molar-refractivity contribution is 0.173. The van der Waals surface area contributed by atoms with Gasteiger partial charge in [-0.1, -0.05) is 32.0 Å². The van der Waals surface area contributed by atoms with Crippen LogP contribution in [0.25, 0.3) is 11.1 Å². The van der Waals surface area contributed by atoms with Gasteiger partial charge in [0.1, 0.15) is 5.52 Å². The molecule has 3 heterocycles. The zero-order valence-corrected chi connectivity index (χ0v) is 17.9. The number of fused-ring (bicyclic) bond motifs is 2. The molecule has 1 unspecified atom stereocenters. The molecular weight excluding hydrogens is 394 g/mol. The Labute approximate surface area is 181 Å². The maximum Gasteiger partial charge on any atom is 0.317 e. The van der Waals surface area contributed by atoms with Gasteiger partial charge in [0.05, 0.1) is 5.92 Å². The van der Waals surface area contributed by atoms with Crippen LogP contribution in [0, 0.1) is 0 Å². The lowest BCUT2D eigenvalue weighted by atomic mass is 9.84. The van der Waals surface area contributed by atoms with E-state index in [0.717, 1.165) is 53.4 Å². The smallest absolute Gasteiger partial charge is 0.317 e. The van der Waals surface area contributed by atoms with Crippen LogP contribution in [-0.4, -0.2) is 42.3 Å². The van der Waals surface area contributed by atoms with Crippen LogP contribution in [0.3, 0.4) is 0 Å². The van der Waals surface area contributed by atoms with E-state index in [4.69, 9.17) is 13.9 Å². The summed E-state index contributed by atoms with van der Waals surface area (Å²) in [7, 11) is 0. The van der Waals surface area contributed by atoms with Crippen LogP contribution < -0.4 is 14.8 Å². The van der Waals surface area contributed by atoms with Crippen molar-refractivity contribution in [3.63, 3.8) is 0 Å². The number of rotatable bonds is 4. The van der Waals surface area contributed by atoms with Crippen molar-refractivity contribution in [3.8, 4) is 11.5 Å². The summed E-state index contributed by atoms with van der Waals surface area (Å²) in [6.45, 7) is 6.36. The van der Waals surface area contributed by atoms with Gasteiger partial charge < -0.3 is 24.1 Å². The second-order valence-corrected chi connectivity index (χ2v) is 8.92. The highest BCUT2D eigenvalue weighted by Crippen LogP contribution is 2.36. The summed E-state index contributed by atoms with van der Waals surface area (Å²) in [6, 6.07) is 13.7. The Balaban J connectivity index is 1.22. The summed E-state index contributed by atoms with van der Waals surface area (Å²) in [5, 5.41) is 3.12. The molecule has 0 bridgehead atoms. The van der Waals surface area contributed by atoms with Gasteiger partial charge in [0.25, 0.3) is 0 Å². The average Bonchev–Trinajstić information content (AvgIpc) is 3.44. The van der Waals surface area contributed by atoms with Gasteiger partial charge in [-0.05, 0) is 42.7 Å². The minimum Gasteiger partial charge on any atom is -0.454 e. The molecular formula is C24H27N3O4. The number of aromatic nitrogens is 1. The summed E-state index contributed by atoms with van der Waals surface area (Å²) >= 11 is 0. The SMILES string of the molecule is CC(C)(CNC(=O)N1CCCC(c2nc3ccccc3o2)C1)c1ccc2c(c1)OCO2. The second kappa shape index (κ2) is 7.80. The quantitative estimate of drug-likeness (QED) is 0.675. The molecule has 2 amide bonds. The molecule has 0 spiro atoms. The summed E-state index contributed by atoms with van der Waals surface area (Å²) in [5.41, 5.74) is 2.51. The zero-order chi connectivity index (χ0) is 21.4. The number of ether oxygens (including phenoxy) is 2. The molecule has 1 saturated heterocycles. The first-order valence-corrected chi connectivity index (χ1v) is 10.8. The maximum absolute atomic E-state index is 12.9. The Morgan fingerprint density at radius 1 is 1.19 bits per heavy atom. The monoisotopic (exact) mass is 421 g/mol. The van der Waals surface area contributed by atoms with Crippen LogP contribution in [0.1, 0.15) is 44.1 Å². The van der Waals surface area contributed by atoms with E-state index >= 15 is 0 Å². The van der Waals surface area contributed by atoms with Gasteiger partial charge in [0.2, 0.25) is 6.79 Å². The Morgan fingerprint density at radius 3 is 2.90 bits per heavy atom. The van der Waals surface area contributed by atoms with Gasteiger partial charge in [-0.15, -0.1) is 0 Å². The number of hydrogen-bond acceptors (Lipinski definition) is 5. The van der Waals surface area contributed by atoms with Crippen molar-refractivity contribution in [1.29, 1.82) is 0 Å². The predicted octanol–water partition coefficient (Wildman–Crippen LogP) is 4.42. The molecule has 2 aliphatic rings. The van der Waals surface area contributed by atoms with Gasteiger partial charge in [0, 0.05) is 25.0 Å². The van der Waals surface area contributed by atoms with E-state index < -0.39 is 0 Å². The number of nitrogens with zero attached hydrogens (tertiary/aromatic N) is 2. The maximum atomic E-state index is 12.9. The highest BCUT2D eigenvalue weighted by molar-refractivity contribution is 5.75. The average molecular weight is 421 g/mol. The van der Waals surface area contributed by atoms with Crippen LogP contribution in [-0.2, 0) is 5.41 Å². The van der Waals surface area contributed by atoms with Gasteiger partial charge >= 0.3 is 6.03 Å². The van der Waals surface area contributed by atoms with Gasteiger partial charge in [-0.3, -0.25) is 0 Å². The number of para-hydroxylation sites is 2. The number of carbonyl (C=O) groups excluding carboxylic acids is 1. The third kappa shape index (κ3) is 3.92. The van der Waals surface area contributed by atoms with Crippen molar-refractivity contribution in [2.45, 2.75) is 38.0 Å². The molecule has 3 aromatic rings. The lowest BCUT2D eigenvalue weighted by Crippen LogP contribution is -2.48. The first-order valence-electron chi connectivity index (χ1n) is 10.8. The molecule has 1 aromatic heterocycles. The molecule has 162 valence electrons. The number of benzene rings is 2. The summed E-state index contributed by atoms with van der Waals surface area (Å²) in [5.74, 6) is 2.37. The van der Waals surface area contributed by atoms with Crippen LogP contribution in [0.4, 0.5) is 4.79 Å². The third-order valence-corrected chi connectivity index (χ3v) is 6.20. The van der Waals surface area contributed by atoms with E-state index in [2.05, 4.69) is 24.1 Å². The Hall–Kier alpha value is -3.22. The van der Waals surface area contributed by atoms with Gasteiger partial charge in [-0.25, -0.2) is 9.78 Å². The van der Waals surface area contributed by atoms with E-state index in [1.165, 1.54) is 0 Å². The van der Waals surface area contributed by atoms with E-state index in [9.17, 15) is 4.79 Å². The van der Waals surface area contributed by atoms with Crippen LogP contribution >= 0.6 is 0 Å². The minimum atomic E-state index is -0.244. The number of nitrogens with one attached hydrogen (secondary N) is 1. The van der Waals surface area contributed by atoms with Crippen molar-refractivity contribution >= 4 is 17.1 Å². The number of carbonyl (C=O) groups is 1.